The average Bonchev–Trinajstić information content (AvgIpc) is 2.40. The predicted molar refractivity (Wildman–Crippen MR) is 69.8 cm³/mol. The standard InChI is InChI=1S/C16H14O/c1-2-15(13-14-9-5-3-6-10-14)17-16-11-7-4-8-12-16/h1,3-12,15H,13H2. The van der Waals surface area contributed by atoms with Gasteiger partial charge in [0.25, 0.3) is 0 Å². The van der Waals surface area contributed by atoms with Crippen molar-refractivity contribution in [2.75, 3.05) is 0 Å². The van der Waals surface area contributed by atoms with E-state index in [4.69, 9.17) is 11.2 Å². The van der Waals surface area contributed by atoms with Gasteiger partial charge in [-0.25, -0.2) is 0 Å². The molecule has 0 amide bonds. The second kappa shape index (κ2) is 5.77. The zero-order valence-corrected chi connectivity index (χ0v) is 9.54. The highest BCUT2D eigenvalue weighted by Gasteiger charge is 2.07. The van der Waals surface area contributed by atoms with Gasteiger partial charge in [-0.15, -0.1) is 6.42 Å². The van der Waals surface area contributed by atoms with Gasteiger partial charge in [-0.3, -0.25) is 0 Å². The molecule has 0 saturated heterocycles. The van der Waals surface area contributed by atoms with Gasteiger partial charge in [-0.2, -0.15) is 0 Å². The largest absolute Gasteiger partial charge is 0.477 e. The topological polar surface area (TPSA) is 9.23 Å². The third-order valence-electron chi connectivity index (χ3n) is 2.47. The van der Waals surface area contributed by atoms with Gasteiger partial charge >= 0.3 is 0 Å². The number of terminal acetylenes is 1. The lowest BCUT2D eigenvalue weighted by Crippen LogP contribution is -2.17. The maximum absolute atomic E-state index is 5.73. The van der Waals surface area contributed by atoms with Crippen LogP contribution in [0.25, 0.3) is 0 Å². The number of rotatable bonds is 4. The van der Waals surface area contributed by atoms with E-state index in [1.165, 1.54) is 5.56 Å². The molecule has 17 heavy (non-hydrogen) atoms. The van der Waals surface area contributed by atoms with Crippen LogP contribution < -0.4 is 4.74 Å². The minimum atomic E-state index is -0.222. The number of para-hydroxylation sites is 1. The Morgan fingerprint density at radius 1 is 0.941 bits per heavy atom. The van der Waals surface area contributed by atoms with E-state index in [0.29, 0.717) is 0 Å². The highest BCUT2D eigenvalue weighted by Crippen LogP contribution is 2.13. The Morgan fingerprint density at radius 2 is 1.53 bits per heavy atom. The second-order valence-corrected chi connectivity index (χ2v) is 3.78. The van der Waals surface area contributed by atoms with E-state index in [2.05, 4.69) is 18.1 Å². The minimum Gasteiger partial charge on any atom is -0.477 e. The molecule has 0 aliphatic carbocycles. The van der Waals surface area contributed by atoms with Crippen molar-refractivity contribution < 1.29 is 4.74 Å². The summed E-state index contributed by atoms with van der Waals surface area (Å²) >= 11 is 0. The minimum absolute atomic E-state index is 0.222. The molecular formula is C16H14O. The lowest BCUT2D eigenvalue weighted by Gasteiger charge is -2.13. The van der Waals surface area contributed by atoms with Crippen LogP contribution in [0.15, 0.2) is 60.7 Å². The summed E-state index contributed by atoms with van der Waals surface area (Å²) in [6, 6.07) is 19.8. The molecule has 0 heterocycles. The Morgan fingerprint density at radius 3 is 2.12 bits per heavy atom. The van der Waals surface area contributed by atoms with Crippen molar-refractivity contribution in [3.8, 4) is 18.1 Å². The molecule has 2 aromatic rings. The number of ether oxygens (including phenoxy) is 1. The Labute approximate surface area is 102 Å². The lowest BCUT2D eigenvalue weighted by atomic mass is 10.1. The van der Waals surface area contributed by atoms with Crippen molar-refractivity contribution in [2.45, 2.75) is 12.5 Å². The van der Waals surface area contributed by atoms with Crippen LogP contribution in [0.1, 0.15) is 5.56 Å². The number of hydrogen-bond donors (Lipinski definition) is 0. The zero-order chi connectivity index (χ0) is 11.9. The van der Waals surface area contributed by atoms with Crippen LogP contribution in [0.3, 0.4) is 0 Å². The van der Waals surface area contributed by atoms with Gasteiger partial charge in [0.1, 0.15) is 5.75 Å². The van der Waals surface area contributed by atoms with Gasteiger partial charge in [-0.1, -0.05) is 54.5 Å². The maximum Gasteiger partial charge on any atom is 0.162 e. The van der Waals surface area contributed by atoms with E-state index in [1.807, 2.05) is 48.5 Å². The summed E-state index contributed by atoms with van der Waals surface area (Å²) in [5.74, 6) is 3.49. The lowest BCUT2D eigenvalue weighted by molar-refractivity contribution is 0.259. The van der Waals surface area contributed by atoms with E-state index >= 15 is 0 Å². The van der Waals surface area contributed by atoms with Gasteiger partial charge < -0.3 is 4.74 Å². The van der Waals surface area contributed by atoms with Crippen LogP contribution in [-0.2, 0) is 6.42 Å². The smallest absolute Gasteiger partial charge is 0.162 e. The maximum atomic E-state index is 5.73. The SMILES string of the molecule is C#CC(Cc1ccccc1)Oc1ccccc1. The molecule has 0 aliphatic heterocycles. The molecule has 84 valence electrons. The quantitative estimate of drug-likeness (QED) is 0.721. The van der Waals surface area contributed by atoms with Crippen LogP contribution in [0, 0.1) is 12.3 Å². The number of benzene rings is 2. The van der Waals surface area contributed by atoms with Crippen molar-refractivity contribution in [2.24, 2.45) is 0 Å². The molecule has 0 fully saturated rings. The molecule has 1 nitrogen and oxygen atoms in total. The van der Waals surface area contributed by atoms with Crippen LogP contribution in [-0.4, -0.2) is 6.10 Å². The van der Waals surface area contributed by atoms with Gasteiger partial charge in [0, 0.05) is 6.42 Å². The zero-order valence-electron chi connectivity index (χ0n) is 9.54. The molecule has 0 N–H and O–H groups in total. The van der Waals surface area contributed by atoms with Crippen molar-refractivity contribution in [3.05, 3.63) is 66.2 Å². The molecule has 2 rings (SSSR count). The molecule has 1 heteroatoms. The van der Waals surface area contributed by atoms with E-state index in [-0.39, 0.29) is 6.10 Å². The summed E-state index contributed by atoms with van der Waals surface area (Å²) in [5.41, 5.74) is 1.19. The van der Waals surface area contributed by atoms with Gasteiger partial charge in [0.15, 0.2) is 6.10 Å². The molecular weight excluding hydrogens is 208 g/mol. The van der Waals surface area contributed by atoms with Gasteiger partial charge in [-0.05, 0) is 17.7 Å². The Bertz CT molecular complexity index is 440. The fourth-order valence-electron chi connectivity index (χ4n) is 1.63. The summed E-state index contributed by atoms with van der Waals surface area (Å²) in [4.78, 5) is 0. The predicted octanol–water partition coefficient (Wildman–Crippen LogP) is 3.31. The summed E-state index contributed by atoms with van der Waals surface area (Å²) in [5, 5.41) is 0. The molecule has 1 unspecified atom stereocenters. The van der Waals surface area contributed by atoms with E-state index in [9.17, 15) is 0 Å². The first kappa shape index (κ1) is 11.3. The molecule has 2 aromatic carbocycles. The molecule has 0 aliphatic rings. The fourth-order valence-corrected chi connectivity index (χ4v) is 1.63. The Hall–Kier alpha value is -2.20. The van der Waals surface area contributed by atoms with Crippen LogP contribution in [0.2, 0.25) is 0 Å². The van der Waals surface area contributed by atoms with E-state index < -0.39 is 0 Å². The van der Waals surface area contributed by atoms with Crippen molar-refractivity contribution in [1.82, 2.24) is 0 Å². The first-order chi connectivity index (χ1) is 8.38. The molecule has 1 atom stereocenters. The Kier molecular flexibility index (Phi) is 3.83. The first-order valence-corrected chi connectivity index (χ1v) is 5.60. The number of hydrogen-bond acceptors (Lipinski definition) is 1. The van der Waals surface area contributed by atoms with Crippen LogP contribution in [0.4, 0.5) is 0 Å². The van der Waals surface area contributed by atoms with E-state index in [1.54, 1.807) is 0 Å². The summed E-state index contributed by atoms with van der Waals surface area (Å²) < 4.78 is 5.73. The third-order valence-corrected chi connectivity index (χ3v) is 2.47. The van der Waals surface area contributed by atoms with Gasteiger partial charge in [0.05, 0.1) is 0 Å². The summed E-state index contributed by atoms with van der Waals surface area (Å²) in [7, 11) is 0. The average molecular weight is 222 g/mol. The van der Waals surface area contributed by atoms with Crippen LogP contribution >= 0.6 is 0 Å². The first-order valence-electron chi connectivity index (χ1n) is 5.60. The summed E-state index contributed by atoms with van der Waals surface area (Å²) in [6.45, 7) is 0. The van der Waals surface area contributed by atoms with Crippen LogP contribution in [0.5, 0.6) is 5.75 Å². The molecule has 0 saturated carbocycles. The highest BCUT2D eigenvalue weighted by atomic mass is 16.5. The monoisotopic (exact) mass is 222 g/mol. The molecule has 0 bridgehead atoms. The second-order valence-electron chi connectivity index (χ2n) is 3.78. The van der Waals surface area contributed by atoms with Gasteiger partial charge in [0.2, 0.25) is 0 Å². The van der Waals surface area contributed by atoms with Crippen molar-refractivity contribution >= 4 is 0 Å². The normalized spacial score (nSPS) is 11.5. The van der Waals surface area contributed by atoms with E-state index in [0.717, 1.165) is 12.2 Å². The fraction of sp³-hybridized carbons (Fsp3) is 0.125. The molecule has 0 spiro atoms. The third kappa shape index (κ3) is 3.39. The molecule has 0 radical (unpaired) electrons. The Balaban J connectivity index is 2.01. The highest BCUT2D eigenvalue weighted by molar-refractivity contribution is 5.24. The summed E-state index contributed by atoms with van der Waals surface area (Å²) in [6.07, 6.45) is 6.00. The van der Waals surface area contributed by atoms with Crippen molar-refractivity contribution in [1.29, 1.82) is 0 Å². The van der Waals surface area contributed by atoms with Crippen molar-refractivity contribution in [3.63, 3.8) is 0 Å². The molecule has 0 aromatic heterocycles.